The Morgan fingerprint density at radius 2 is 2.00 bits per heavy atom. The second-order valence-corrected chi connectivity index (χ2v) is 7.55. The summed E-state index contributed by atoms with van der Waals surface area (Å²) in [7, 11) is 0. The van der Waals surface area contributed by atoms with Crippen LogP contribution < -0.4 is 10.2 Å². The number of nitrogens with one attached hydrogen (secondary N) is 1. The van der Waals surface area contributed by atoms with Crippen molar-refractivity contribution in [2.75, 3.05) is 23.3 Å². The van der Waals surface area contributed by atoms with Gasteiger partial charge in [-0.1, -0.05) is 0 Å². The Kier molecular flexibility index (Phi) is 4.19. The molecule has 25 heavy (non-hydrogen) atoms. The molecule has 1 N–H and O–H groups in total. The van der Waals surface area contributed by atoms with Gasteiger partial charge in [0, 0.05) is 36.0 Å². The maximum absolute atomic E-state index is 12.5. The van der Waals surface area contributed by atoms with E-state index in [2.05, 4.69) is 29.0 Å². The maximum atomic E-state index is 12.5. The summed E-state index contributed by atoms with van der Waals surface area (Å²) < 4.78 is 2.02. The van der Waals surface area contributed by atoms with Gasteiger partial charge in [-0.15, -0.1) is 22.7 Å². The number of anilines is 2. The molecular formula is C18H18N4OS2. The Morgan fingerprint density at radius 1 is 1.24 bits per heavy atom. The van der Waals surface area contributed by atoms with Crippen LogP contribution in [0.2, 0.25) is 0 Å². The Bertz CT molecular complexity index is 1020. The lowest BCUT2D eigenvalue weighted by molar-refractivity contribution is 0.103. The van der Waals surface area contributed by atoms with E-state index in [4.69, 9.17) is 0 Å². The molecule has 1 aromatic carbocycles. The molecule has 3 heterocycles. The topological polar surface area (TPSA) is 49.6 Å². The van der Waals surface area contributed by atoms with Gasteiger partial charge in [-0.3, -0.25) is 9.20 Å². The van der Waals surface area contributed by atoms with Gasteiger partial charge in [-0.25, -0.2) is 4.98 Å². The highest BCUT2D eigenvalue weighted by Gasteiger charge is 2.15. The van der Waals surface area contributed by atoms with Crippen LogP contribution in [-0.2, 0) is 0 Å². The van der Waals surface area contributed by atoms with Crippen molar-refractivity contribution in [1.29, 1.82) is 0 Å². The number of hydrogen-bond donors (Lipinski definition) is 1. The van der Waals surface area contributed by atoms with Gasteiger partial charge in [-0.2, -0.15) is 0 Å². The molecule has 4 aromatic rings. The molecule has 5 nitrogen and oxygen atoms in total. The van der Waals surface area contributed by atoms with Crippen molar-refractivity contribution in [3.05, 3.63) is 46.8 Å². The van der Waals surface area contributed by atoms with Crippen LogP contribution in [0.3, 0.4) is 0 Å². The van der Waals surface area contributed by atoms with E-state index in [9.17, 15) is 4.79 Å². The van der Waals surface area contributed by atoms with Crippen LogP contribution in [0.4, 0.5) is 11.4 Å². The van der Waals surface area contributed by atoms with Gasteiger partial charge in [0.25, 0.3) is 5.91 Å². The Labute approximate surface area is 153 Å². The lowest BCUT2D eigenvalue weighted by Gasteiger charge is -2.21. The first-order chi connectivity index (χ1) is 12.2. The van der Waals surface area contributed by atoms with E-state index < -0.39 is 0 Å². The largest absolute Gasteiger partial charge is 0.372 e. The Hall–Kier alpha value is -2.38. The number of thiophene rings is 1. The van der Waals surface area contributed by atoms with E-state index in [0.29, 0.717) is 4.88 Å². The van der Waals surface area contributed by atoms with E-state index in [1.807, 2.05) is 46.3 Å². The van der Waals surface area contributed by atoms with Crippen LogP contribution in [0.5, 0.6) is 0 Å². The predicted octanol–water partition coefficient (Wildman–Crippen LogP) is 4.71. The summed E-state index contributed by atoms with van der Waals surface area (Å²) in [6.45, 7) is 6.21. The van der Waals surface area contributed by atoms with Crippen LogP contribution in [0.1, 0.15) is 23.5 Å². The van der Waals surface area contributed by atoms with E-state index in [1.54, 1.807) is 11.3 Å². The van der Waals surface area contributed by atoms with Crippen molar-refractivity contribution in [2.45, 2.75) is 13.8 Å². The number of thiazole rings is 1. The third kappa shape index (κ3) is 2.89. The summed E-state index contributed by atoms with van der Waals surface area (Å²) in [5.74, 6) is -0.0948. The fourth-order valence-electron chi connectivity index (χ4n) is 2.90. The SMILES string of the molecule is CCN(CC)c1ccc(NC(=O)c2cc3c(nc4sccn43)s2)cc1. The highest BCUT2D eigenvalue weighted by atomic mass is 32.1. The number of hydrogen-bond acceptors (Lipinski definition) is 5. The third-order valence-electron chi connectivity index (χ3n) is 4.22. The van der Waals surface area contributed by atoms with Gasteiger partial charge >= 0.3 is 0 Å². The number of imidazole rings is 1. The van der Waals surface area contributed by atoms with Crippen molar-refractivity contribution >= 4 is 55.3 Å². The first-order valence-electron chi connectivity index (χ1n) is 8.21. The minimum Gasteiger partial charge on any atom is -0.372 e. The van der Waals surface area contributed by atoms with Gasteiger partial charge < -0.3 is 10.2 Å². The summed E-state index contributed by atoms with van der Waals surface area (Å²) in [6.07, 6.45) is 1.98. The Balaban J connectivity index is 1.54. The summed E-state index contributed by atoms with van der Waals surface area (Å²) in [5.41, 5.74) is 2.96. The number of rotatable bonds is 5. The van der Waals surface area contributed by atoms with Gasteiger partial charge in [0.15, 0.2) is 4.96 Å². The number of carbonyl (C=O) groups excluding carboxylic acids is 1. The maximum Gasteiger partial charge on any atom is 0.265 e. The average molecular weight is 371 g/mol. The minimum absolute atomic E-state index is 0.0948. The third-order valence-corrected chi connectivity index (χ3v) is 5.99. The lowest BCUT2D eigenvalue weighted by atomic mass is 10.2. The van der Waals surface area contributed by atoms with Gasteiger partial charge in [0.2, 0.25) is 0 Å². The zero-order valence-electron chi connectivity index (χ0n) is 14.0. The van der Waals surface area contributed by atoms with E-state index >= 15 is 0 Å². The zero-order chi connectivity index (χ0) is 17.4. The molecule has 0 aliphatic rings. The van der Waals surface area contributed by atoms with Crippen molar-refractivity contribution in [1.82, 2.24) is 9.38 Å². The van der Waals surface area contributed by atoms with Crippen LogP contribution >= 0.6 is 22.7 Å². The van der Waals surface area contributed by atoms with E-state index in [0.717, 1.165) is 34.1 Å². The molecular weight excluding hydrogens is 352 g/mol. The first-order valence-corrected chi connectivity index (χ1v) is 9.90. The fraction of sp³-hybridized carbons (Fsp3) is 0.222. The quantitative estimate of drug-likeness (QED) is 0.553. The molecule has 0 radical (unpaired) electrons. The van der Waals surface area contributed by atoms with Gasteiger partial charge in [-0.05, 0) is 44.2 Å². The van der Waals surface area contributed by atoms with Crippen LogP contribution in [0.25, 0.3) is 15.3 Å². The highest BCUT2D eigenvalue weighted by molar-refractivity contribution is 7.21. The first kappa shape index (κ1) is 16.1. The molecule has 0 unspecified atom stereocenters. The number of amides is 1. The molecule has 4 rings (SSSR count). The summed E-state index contributed by atoms with van der Waals surface area (Å²) in [5, 5.41) is 4.97. The normalized spacial score (nSPS) is 11.3. The number of benzene rings is 1. The molecule has 0 atom stereocenters. The molecule has 1 amide bonds. The number of aromatic nitrogens is 2. The van der Waals surface area contributed by atoms with Crippen LogP contribution in [0.15, 0.2) is 41.9 Å². The van der Waals surface area contributed by atoms with Gasteiger partial charge in [0.05, 0.1) is 10.4 Å². The molecule has 3 aromatic heterocycles. The number of fused-ring (bicyclic) bond motifs is 3. The number of nitrogens with zero attached hydrogens (tertiary/aromatic N) is 3. The predicted molar refractivity (Wildman–Crippen MR) is 106 cm³/mol. The summed E-state index contributed by atoms with van der Waals surface area (Å²) in [4.78, 5) is 21.9. The fourth-order valence-corrected chi connectivity index (χ4v) is 4.59. The molecule has 0 saturated carbocycles. The second-order valence-electron chi connectivity index (χ2n) is 5.64. The van der Waals surface area contributed by atoms with E-state index in [1.165, 1.54) is 17.0 Å². The standard InChI is InChI=1S/C18H18N4OS2/c1-3-21(4-2)13-7-5-12(6-8-13)19-16(23)15-11-14-17(25-15)20-18-22(14)9-10-24-18/h5-11H,3-4H2,1-2H3,(H,19,23). The summed E-state index contributed by atoms with van der Waals surface area (Å²) in [6, 6.07) is 9.89. The molecule has 0 fully saturated rings. The molecule has 0 spiro atoms. The van der Waals surface area contributed by atoms with Crippen molar-refractivity contribution < 1.29 is 4.79 Å². The van der Waals surface area contributed by atoms with E-state index in [-0.39, 0.29) is 5.91 Å². The molecule has 0 aliphatic carbocycles. The average Bonchev–Trinajstić information content (AvgIpc) is 3.29. The molecule has 0 bridgehead atoms. The molecule has 0 aliphatic heterocycles. The van der Waals surface area contributed by atoms with Gasteiger partial charge in [0.1, 0.15) is 4.83 Å². The second kappa shape index (κ2) is 6.50. The molecule has 7 heteroatoms. The van der Waals surface area contributed by atoms with Crippen LogP contribution in [-0.4, -0.2) is 28.4 Å². The minimum atomic E-state index is -0.0948. The molecule has 0 saturated heterocycles. The number of carbonyl (C=O) groups is 1. The smallest absolute Gasteiger partial charge is 0.265 e. The summed E-state index contributed by atoms with van der Waals surface area (Å²) >= 11 is 3.02. The molecule has 128 valence electrons. The van der Waals surface area contributed by atoms with Crippen molar-refractivity contribution in [3.8, 4) is 0 Å². The van der Waals surface area contributed by atoms with Crippen molar-refractivity contribution in [3.63, 3.8) is 0 Å². The van der Waals surface area contributed by atoms with Crippen LogP contribution in [0, 0.1) is 0 Å². The Morgan fingerprint density at radius 3 is 2.72 bits per heavy atom. The lowest BCUT2D eigenvalue weighted by Crippen LogP contribution is -2.21. The highest BCUT2D eigenvalue weighted by Crippen LogP contribution is 2.29. The zero-order valence-corrected chi connectivity index (χ0v) is 15.7. The monoisotopic (exact) mass is 370 g/mol. The van der Waals surface area contributed by atoms with Crippen molar-refractivity contribution in [2.24, 2.45) is 0 Å².